The maximum absolute atomic E-state index is 5.76. The summed E-state index contributed by atoms with van der Waals surface area (Å²) >= 11 is 1.66. The first kappa shape index (κ1) is 13.2. The van der Waals surface area contributed by atoms with Gasteiger partial charge >= 0.3 is 0 Å². The summed E-state index contributed by atoms with van der Waals surface area (Å²) in [5.74, 6) is 5.76. The lowest BCUT2D eigenvalue weighted by molar-refractivity contribution is 0.550. The molecule has 20 heavy (non-hydrogen) atoms. The summed E-state index contributed by atoms with van der Waals surface area (Å²) in [5, 5.41) is 4.29. The van der Waals surface area contributed by atoms with E-state index in [0.717, 1.165) is 33.6 Å². The topological polar surface area (TPSA) is 63.8 Å². The number of fused-ring (bicyclic) bond motifs is 1. The zero-order valence-corrected chi connectivity index (χ0v) is 12.0. The smallest absolute Gasteiger partial charge is 0.0897 e. The van der Waals surface area contributed by atoms with E-state index < -0.39 is 0 Å². The Kier molecular flexibility index (Phi) is 3.73. The van der Waals surface area contributed by atoms with Gasteiger partial charge in [0.05, 0.1) is 22.3 Å². The maximum Gasteiger partial charge on any atom is 0.0897 e. The molecule has 3 rings (SSSR count). The molecule has 0 spiro atoms. The van der Waals surface area contributed by atoms with E-state index in [1.807, 2.05) is 37.4 Å². The summed E-state index contributed by atoms with van der Waals surface area (Å²) in [4.78, 5) is 8.90. The predicted octanol–water partition coefficient (Wildman–Crippen LogP) is 2.75. The fourth-order valence-electron chi connectivity index (χ4n) is 2.39. The number of hydrogen-bond acceptors (Lipinski definition) is 5. The number of nitrogens with one attached hydrogen (secondary N) is 1. The van der Waals surface area contributed by atoms with Gasteiger partial charge in [-0.25, -0.2) is 4.98 Å². The number of hydrazine groups is 1. The van der Waals surface area contributed by atoms with Crippen molar-refractivity contribution in [2.75, 3.05) is 0 Å². The Balaban J connectivity index is 1.98. The molecule has 0 radical (unpaired) electrons. The van der Waals surface area contributed by atoms with Crippen molar-refractivity contribution in [3.05, 3.63) is 58.2 Å². The van der Waals surface area contributed by atoms with E-state index in [1.54, 1.807) is 11.3 Å². The second-order valence-electron chi connectivity index (χ2n) is 4.70. The van der Waals surface area contributed by atoms with Crippen molar-refractivity contribution in [1.29, 1.82) is 0 Å². The lowest BCUT2D eigenvalue weighted by atomic mass is 9.99. The van der Waals surface area contributed by atoms with Crippen LogP contribution in [0.1, 0.15) is 22.3 Å². The molecule has 0 aliphatic heterocycles. The van der Waals surface area contributed by atoms with Gasteiger partial charge in [-0.2, -0.15) is 0 Å². The predicted molar refractivity (Wildman–Crippen MR) is 82.4 cm³/mol. The van der Waals surface area contributed by atoms with Crippen molar-refractivity contribution >= 4 is 22.2 Å². The van der Waals surface area contributed by atoms with Crippen LogP contribution in [0, 0.1) is 6.92 Å². The van der Waals surface area contributed by atoms with Crippen LogP contribution in [0.25, 0.3) is 10.9 Å². The van der Waals surface area contributed by atoms with E-state index in [-0.39, 0.29) is 6.04 Å². The molecule has 0 saturated heterocycles. The second kappa shape index (κ2) is 5.66. The van der Waals surface area contributed by atoms with Crippen LogP contribution < -0.4 is 11.3 Å². The molecule has 0 bridgehead atoms. The Hall–Kier alpha value is -1.82. The highest BCUT2D eigenvalue weighted by atomic mass is 32.1. The third-order valence-electron chi connectivity index (χ3n) is 3.34. The molecule has 2 aromatic heterocycles. The maximum atomic E-state index is 5.76. The van der Waals surface area contributed by atoms with Gasteiger partial charge in [-0.1, -0.05) is 18.2 Å². The Bertz CT molecular complexity index is 717. The van der Waals surface area contributed by atoms with Gasteiger partial charge in [0.25, 0.3) is 0 Å². The van der Waals surface area contributed by atoms with Crippen molar-refractivity contribution < 1.29 is 0 Å². The zero-order valence-electron chi connectivity index (χ0n) is 11.2. The molecule has 0 saturated carbocycles. The van der Waals surface area contributed by atoms with Crippen LogP contribution in [-0.2, 0) is 6.42 Å². The van der Waals surface area contributed by atoms with Crippen molar-refractivity contribution in [2.45, 2.75) is 19.4 Å². The third-order valence-corrected chi connectivity index (χ3v) is 4.16. The number of pyridine rings is 1. The molecule has 1 atom stereocenters. The highest BCUT2D eigenvalue weighted by Gasteiger charge is 2.15. The van der Waals surface area contributed by atoms with Crippen LogP contribution in [0.5, 0.6) is 0 Å². The lowest BCUT2D eigenvalue weighted by Crippen LogP contribution is -2.29. The standard InChI is InChI=1S/C15H16N4S/c1-10-18-11(9-20-10)8-15(19-16)13-6-7-17-14-5-3-2-4-12(13)14/h2-7,9,15,19H,8,16H2,1H3. The third kappa shape index (κ3) is 2.56. The monoisotopic (exact) mass is 284 g/mol. The van der Waals surface area contributed by atoms with Gasteiger partial charge in [-0.3, -0.25) is 16.3 Å². The number of aromatic nitrogens is 2. The van der Waals surface area contributed by atoms with E-state index in [4.69, 9.17) is 5.84 Å². The second-order valence-corrected chi connectivity index (χ2v) is 5.76. The number of thiazole rings is 1. The Morgan fingerprint density at radius 2 is 2.15 bits per heavy atom. The Morgan fingerprint density at radius 3 is 2.90 bits per heavy atom. The number of para-hydroxylation sites is 1. The van der Waals surface area contributed by atoms with Gasteiger partial charge in [0.2, 0.25) is 0 Å². The van der Waals surface area contributed by atoms with E-state index in [0.29, 0.717) is 0 Å². The van der Waals surface area contributed by atoms with Gasteiger partial charge in [0.15, 0.2) is 0 Å². The molecule has 3 N–H and O–H groups in total. The van der Waals surface area contributed by atoms with E-state index in [2.05, 4.69) is 26.8 Å². The first-order chi connectivity index (χ1) is 9.78. The normalized spacial score (nSPS) is 12.7. The molecule has 0 aliphatic carbocycles. The summed E-state index contributed by atoms with van der Waals surface area (Å²) in [5.41, 5.74) is 6.11. The van der Waals surface area contributed by atoms with Crippen molar-refractivity contribution in [2.24, 2.45) is 5.84 Å². The molecule has 0 aliphatic rings. The molecule has 0 amide bonds. The first-order valence-electron chi connectivity index (χ1n) is 6.48. The number of nitrogens with two attached hydrogens (primary N) is 1. The summed E-state index contributed by atoms with van der Waals surface area (Å²) in [6, 6.07) is 10.2. The molecule has 4 nitrogen and oxygen atoms in total. The van der Waals surface area contributed by atoms with Gasteiger partial charge in [0, 0.05) is 23.4 Å². The molecule has 1 aromatic carbocycles. The van der Waals surface area contributed by atoms with Gasteiger partial charge < -0.3 is 0 Å². The van der Waals surface area contributed by atoms with Gasteiger partial charge in [-0.15, -0.1) is 11.3 Å². The van der Waals surface area contributed by atoms with Gasteiger partial charge in [-0.05, 0) is 24.6 Å². The van der Waals surface area contributed by atoms with Crippen LogP contribution in [-0.4, -0.2) is 9.97 Å². The minimum atomic E-state index is 0.0319. The Labute approximate surface area is 121 Å². The highest BCUT2D eigenvalue weighted by Crippen LogP contribution is 2.25. The molecule has 0 fully saturated rings. The quantitative estimate of drug-likeness (QED) is 0.571. The molecular formula is C15H16N4S. The zero-order chi connectivity index (χ0) is 13.9. The number of nitrogens with zero attached hydrogens (tertiary/aromatic N) is 2. The first-order valence-corrected chi connectivity index (χ1v) is 7.36. The van der Waals surface area contributed by atoms with Crippen LogP contribution in [0.15, 0.2) is 41.9 Å². The average Bonchev–Trinajstić information content (AvgIpc) is 2.89. The Morgan fingerprint density at radius 1 is 1.30 bits per heavy atom. The largest absolute Gasteiger partial charge is 0.271 e. The van der Waals surface area contributed by atoms with E-state index in [9.17, 15) is 0 Å². The highest BCUT2D eigenvalue weighted by molar-refractivity contribution is 7.09. The minimum absolute atomic E-state index is 0.0319. The van der Waals surface area contributed by atoms with Crippen LogP contribution in [0.2, 0.25) is 0 Å². The number of aryl methyl sites for hydroxylation is 1. The summed E-state index contributed by atoms with van der Waals surface area (Å²) in [6.45, 7) is 2.01. The summed E-state index contributed by atoms with van der Waals surface area (Å²) in [7, 11) is 0. The van der Waals surface area contributed by atoms with Crippen LogP contribution in [0.3, 0.4) is 0 Å². The van der Waals surface area contributed by atoms with E-state index >= 15 is 0 Å². The number of hydrogen-bond donors (Lipinski definition) is 2. The molecule has 102 valence electrons. The molecule has 2 heterocycles. The molecular weight excluding hydrogens is 268 g/mol. The van der Waals surface area contributed by atoms with Crippen molar-refractivity contribution in [3.63, 3.8) is 0 Å². The molecule has 5 heteroatoms. The lowest BCUT2D eigenvalue weighted by Gasteiger charge is -2.17. The van der Waals surface area contributed by atoms with Crippen molar-refractivity contribution in [1.82, 2.24) is 15.4 Å². The van der Waals surface area contributed by atoms with Crippen molar-refractivity contribution in [3.8, 4) is 0 Å². The fraction of sp³-hybridized carbons (Fsp3) is 0.200. The van der Waals surface area contributed by atoms with Gasteiger partial charge in [0.1, 0.15) is 0 Å². The molecule has 3 aromatic rings. The summed E-state index contributed by atoms with van der Waals surface area (Å²) in [6.07, 6.45) is 2.60. The van der Waals surface area contributed by atoms with Crippen LogP contribution in [0.4, 0.5) is 0 Å². The number of benzene rings is 1. The number of rotatable bonds is 4. The van der Waals surface area contributed by atoms with Crippen LogP contribution >= 0.6 is 11.3 Å². The molecule has 1 unspecified atom stereocenters. The summed E-state index contributed by atoms with van der Waals surface area (Å²) < 4.78 is 0. The van der Waals surface area contributed by atoms with E-state index in [1.165, 1.54) is 0 Å². The SMILES string of the molecule is Cc1nc(CC(NN)c2ccnc3ccccc23)cs1. The minimum Gasteiger partial charge on any atom is -0.271 e. The average molecular weight is 284 g/mol. The fourth-order valence-corrected chi connectivity index (χ4v) is 3.02.